The number of nitrogens with zero attached hydrogens (tertiary/aromatic N) is 3. The largest absolute Gasteiger partial charge is 0.356 e. The third kappa shape index (κ3) is 4.45. The highest BCUT2D eigenvalue weighted by Gasteiger charge is 2.24. The van der Waals surface area contributed by atoms with E-state index in [0.717, 1.165) is 35.8 Å². The van der Waals surface area contributed by atoms with Crippen molar-refractivity contribution in [3.8, 4) is 0 Å². The number of likely N-dealkylation sites (tertiary alicyclic amines) is 1. The third-order valence-electron chi connectivity index (χ3n) is 3.81. The van der Waals surface area contributed by atoms with Crippen LogP contribution in [0.3, 0.4) is 0 Å². The molecule has 1 saturated heterocycles. The molecule has 2 heterocycles. The monoisotopic (exact) mass is 366 g/mol. The maximum Gasteiger partial charge on any atom is 0.235 e. The molecule has 1 atom stereocenters. The number of amides is 1. The van der Waals surface area contributed by atoms with Gasteiger partial charge in [0.05, 0.1) is 5.25 Å². The maximum absolute atomic E-state index is 12.9. The van der Waals surface area contributed by atoms with Crippen LogP contribution in [0.4, 0.5) is 9.52 Å². The summed E-state index contributed by atoms with van der Waals surface area (Å²) in [6, 6.07) is 6.33. The van der Waals surface area contributed by atoms with Crippen molar-refractivity contribution in [3.05, 3.63) is 35.6 Å². The van der Waals surface area contributed by atoms with Crippen molar-refractivity contribution in [1.29, 1.82) is 0 Å². The van der Waals surface area contributed by atoms with Gasteiger partial charge < -0.3 is 10.2 Å². The van der Waals surface area contributed by atoms with Crippen molar-refractivity contribution >= 4 is 34.1 Å². The smallest absolute Gasteiger partial charge is 0.235 e. The first kappa shape index (κ1) is 17.2. The molecule has 5 nitrogen and oxygen atoms in total. The molecule has 0 bridgehead atoms. The molecule has 1 N–H and O–H groups in total. The molecule has 1 fully saturated rings. The van der Waals surface area contributed by atoms with E-state index in [1.165, 1.54) is 35.2 Å². The number of benzene rings is 1. The minimum absolute atomic E-state index is 0.152. The summed E-state index contributed by atoms with van der Waals surface area (Å²) in [5.74, 6) is -0.0708. The molecule has 1 aromatic carbocycles. The lowest BCUT2D eigenvalue weighted by molar-refractivity contribution is -0.129. The molecule has 2 aromatic rings. The lowest BCUT2D eigenvalue weighted by Crippen LogP contribution is -2.33. The predicted octanol–water partition coefficient (Wildman–Crippen LogP) is 3.39. The van der Waals surface area contributed by atoms with Gasteiger partial charge in [-0.25, -0.2) is 4.39 Å². The zero-order valence-electron chi connectivity index (χ0n) is 13.4. The Morgan fingerprint density at radius 2 is 2.04 bits per heavy atom. The highest BCUT2D eigenvalue weighted by molar-refractivity contribution is 8.02. The number of carbonyl (C=O) groups is 1. The van der Waals surface area contributed by atoms with Crippen LogP contribution in [0.1, 0.15) is 25.3 Å². The van der Waals surface area contributed by atoms with Gasteiger partial charge in [-0.2, -0.15) is 0 Å². The fraction of sp³-hybridized carbons (Fsp3) is 0.438. The molecule has 24 heavy (non-hydrogen) atoms. The first-order chi connectivity index (χ1) is 11.6. The SMILES string of the molecule is CC(Sc1nnc(NCc2ccc(F)cc2)s1)C(=O)N1CCCC1. The number of anilines is 1. The van der Waals surface area contributed by atoms with E-state index in [4.69, 9.17) is 0 Å². The molecule has 3 rings (SSSR count). The summed E-state index contributed by atoms with van der Waals surface area (Å²) in [6.45, 7) is 4.20. The molecule has 1 amide bonds. The zero-order chi connectivity index (χ0) is 16.9. The molecule has 1 aliphatic heterocycles. The standard InChI is InChI=1S/C16H19FN4OS2/c1-11(14(22)21-8-2-3-9-21)23-16-20-19-15(24-16)18-10-12-4-6-13(17)7-5-12/h4-7,11H,2-3,8-10H2,1H3,(H,18,19). The fourth-order valence-electron chi connectivity index (χ4n) is 2.51. The minimum Gasteiger partial charge on any atom is -0.356 e. The highest BCUT2D eigenvalue weighted by atomic mass is 32.2. The molecule has 0 radical (unpaired) electrons. The van der Waals surface area contributed by atoms with Gasteiger partial charge in [0.1, 0.15) is 5.82 Å². The second kappa shape index (κ2) is 7.94. The van der Waals surface area contributed by atoms with E-state index in [0.29, 0.717) is 11.7 Å². The van der Waals surface area contributed by atoms with E-state index in [1.807, 2.05) is 11.8 Å². The molecule has 0 aliphatic carbocycles. The van der Waals surface area contributed by atoms with Gasteiger partial charge in [-0.1, -0.05) is 35.2 Å². The Balaban J connectivity index is 1.51. The Kier molecular flexibility index (Phi) is 5.68. The first-order valence-corrected chi connectivity index (χ1v) is 9.59. The number of hydrogen-bond donors (Lipinski definition) is 1. The third-order valence-corrected chi connectivity index (χ3v) is 5.86. The first-order valence-electron chi connectivity index (χ1n) is 7.89. The predicted molar refractivity (Wildman–Crippen MR) is 94.8 cm³/mol. The number of rotatable bonds is 6. The van der Waals surface area contributed by atoms with Gasteiger partial charge in [0.25, 0.3) is 0 Å². The van der Waals surface area contributed by atoms with Crippen molar-refractivity contribution in [1.82, 2.24) is 15.1 Å². The van der Waals surface area contributed by atoms with Gasteiger partial charge in [0.2, 0.25) is 11.0 Å². The van der Waals surface area contributed by atoms with Crippen LogP contribution in [-0.4, -0.2) is 39.3 Å². The molecule has 1 unspecified atom stereocenters. The van der Waals surface area contributed by atoms with Crippen LogP contribution in [0.2, 0.25) is 0 Å². The average molecular weight is 366 g/mol. The number of halogens is 1. The Morgan fingerprint density at radius 3 is 2.75 bits per heavy atom. The van der Waals surface area contributed by atoms with Gasteiger partial charge >= 0.3 is 0 Å². The fourth-order valence-corrected chi connectivity index (χ4v) is 4.48. The van der Waals surface area contributed by atoms with E-state index < -0.39 is 0 Å². The summed E-state index contributed by atoms with van der Waals surface area (Å²) in [5, 5.41) is 11.9. The molecule has 1 aliphatic rings. The van der Waals surface area contributed by atoms with Crippen LogP contribution >= 0.6 is 23.1 Å². The Labute approximate surface area is 148 Å². The van der Waals surface area contributed by atoms with Crippen LogP contribution in [0.5, 0.6) is 0 Å². The second-order valence-electron chi connectivity index (χ2n) is 5.65. The molecule has 0 saturated carbocycles. The Bertz CT molecular complexity index is 686. The van der Waals surface area contributed by atoms with E-state index in [9.17, 15) is 9.18 Å². The topological polar surface area (TPSA) is 58.1 Å². The summed E-state index contributed by atoms with van der Waals surface area (Å²) in [6.07, 6.45) is 2.19. The summed E-state index contributed by atoms with van der Waals surface area (Å²) < 4.78 is 13.7. The molecule has 8 heteroatoms. The van der Waals surface area contributed by atoms with Crippen LogP contribution < -0.4 is 5.32 Å². The van der Waals surface area contributed by atoms with E-state index >= 15 is 0 Å². The van der Waals surface area contributed by atoms with Crippen LogP contribution in [-0.2, 0) is 11.3 Å². The van der Waals surface area contributed by atoms with Gasteiger partial charge in [0.15, 0.2) is 4.34 Å². The number of hydrogen-bond acceptors (Lipinski definition) is 6. The molecule has 1 aromatic heterocycles. The van der Waals surface area contributed by atoms with Gasteiger partial charge in [-0.3, -0.25) is 4.79 Å². The zero-order valence-corrected chi connectivity index (χ0v) is 15.0. The number of nitrogens with one attached hydrogen (secondary N) is 1. The molecular formula is C16H19FN4OS2. The van der Waals surface area contributed by atoms with E-state index in [1.54, 1.807) is 12.1 Å². The lowest BCUT2D eigenvalue weighted by Gasteiger charge is -2.18. The normalized spacial score (nSPS) is 15.5. The van der Waals surface area contributed by atoms with Crippen LogP contribution in [0, 0.1) is 5.82 Å². The Morgan fingerprint density at radius 1 is 1.33 bits per heavy atom. The summed E-state index contributed by atoms with van der Waals surface area (Å²) >= 11 is 2.88. The van der Waals surface area contributed by atoms with Gasteiger partial charge in [0, 0.05) is 19.6 Å². The number of carbonyl (C=O) groups excluding carboxylic acids is 1. The van der Waals surface area contributed by atoms with Crippen molar-refractivity contribution < 1.29 is 9.18 Å². The second-order valence-corrected chi connectivity index (χ2v) is 8.21. The van der Waals surface area contributed by atoms with E-state index in [-0.39, 0.29) is 17.0 Å². The van der Waals surface area contributed by atoms with Crippen molar-refractivity contribution in [2.75, 3.05) is 18.4 Å². The summed E-state index contributed by atoms with van der Waals surface area (Å²) in [7, 11) is 0. The highest BCUT2D eigenvalue weighted by Crippen LogP contribution is 2.30. The van der Waals surface area contributed by atoms with E-state index in [2.05, 4.69) is 15.5 Å². The average Bonchev–Trinajstić information content (AvgIpc) is 3.25. The van der Waals surface area contributed by atoms with Crippen molar-refractivity contribution in [3.63, 3.8) is 0 Å². The number of thioether (sulfide) groups is 1. The van der Waals surface area contributed by atoms with Crippen LogP contribution in [0.15, 0.2) is 28.6 Å². The summed E-state index contributed by atoms with van der Waals surface area (Å²) in [4.78, 5) is 14.2. The molecular weight excluding hydrogens is 347 g/mol. The number of aromatic nitrogens is 2. The molecule has 0 spiro atoms. The van der Waals surface area contributed by atoms with Crippen LogP contribution in [0.25, 0.3) is 0 Å². The molecule has 128 valence electrons. The quantitative estimate of drug-likeness (QED) is 0.794. The van der Waals surface area contributed by atoms with Gasteiger partial charge in [-0.15, -0.1) is 10.2 Å². The van der Waals surface area contributed by atoms with Crippen molar-refractivity contribution in [2.45, 2.75) is 35.9 Å². The van der Waals surface area contributed by atoms with Gasteiger partial charge in [-0.05, 0) is 37.5 Å². The Hall–Kier alpha value is -1.67. The minimum atomic E-state index is -0.245. The summed E-state index contributed by atoms with van der Waals surface area (Å²) in [5.41, 5.74) is 0.971. The van der Waals surface area contributed by atoms with Crippen molar-refractivity contribution in [2.24, 2.45) is 0 Å². The maximum atomic E-state index is 12.9. The lowest BCUT2D eigenvalue weighted by atomic mass is 10.2.